The first kappa shape index (κ1) is 18.5. The number of carbonyl (C=O) groups is 2. The van der Waals surface area contributed by atoms with Gasteiger partial charge in [-0.1, -0.05) is 37.3 Å². The van der Waals surface area contributed by atoms with Crippen molar-refractivity contribution in [1.29, 1.82) is 0 Å². The molecule has 1 aliphatic rings. The number of carboxylic acid groups (broad SMARTS) is 1. The van der Waals surface area contributed by atoms with Gasteiger partial charge in [0.2, 0.25) is 5.91 Å². The minimum absolute atomic E-state index is 0. The molecule has 6 heteroatoms. The lowest BCUT2D eigenvalue weighted by Crippen LogP contribution is -2.44. The Morgan fingerprint density at radius 3 is 2.59 bits per heavy atom. The van der Waals surface area contributed by atoms with Crippen LogP contribution < -0.4 is 5.32 Å². The highest BCUT2D eigenvalue weighted by Crippen LogP contribution is 2.32. The van der Waals surface area contributed by atoms with E-state index in [0.29, 0.717) is 11.8 Å². The number of amides is 1. The van der Waals surface area contributed by atoms with Crippen LogP contribution in [-0.4, -0.2) is 48.1 Å². The summed E-state index contributed by atoms with van der Waals surface area (Å²) in [6.07, 6.45) is 1.03. The van der Waals surface area contributed by atoms with E-state index in [-0.39, 0.29) is 31.4 Å². The van der Waals surface area contributed by atoms with Crippen LogP contribution in [0.3, 0.4) is 0 Å². The summed E-state index contributed by atoms with van der Waals surface area (Å²) in [7, 11) is 0. The lowest BCUT2D eigenvalue weighted by atomic mass is 9.81. The van der Waals surface area contributed by atoms with E-state index < -0.39 is 5.97 Å². The Labute approximate surface area is 137 Å². The molecule has 1 aromatic carbocycles. The molecule has 2 atom stereocenters. The standard InChI is InChI=1S/C16H22N2O3.ClH/c1-12-10-18(11-15(19)17-9-16(20)21)8-7-14(12)13-5-3-2-4-6-13;/h2-6,12,14H,7-11H2,1H3,(H,17,19)(H,20,21);1H. The maximum Gasteiger partial charge on any atom is 0.322 e. The van der Waals surface area contributed by atoms with Crippen molar-refractivity contribution in [3.8, 4) is 0 Å². The summed E-state index contributed by atoms with van der Waals surface area (Å²) in [6.45, 7) is 3.90. The summed E-state index contributed by atoms with van der Waals surface area (Å²) in [6, 6.07) is 10.5. The summed E-state index contributed by atoms with van der Waals surface area (Å²) in [4.78, 5) is 24.2. The molecule has 1 fully saturated rings. The lowest BCUT2D eigenvalue weighted by molar-refractivity contribution is -0.138. The number of halogens is 1. The van der Waals surface area contributed by atoms with Crippen LogP contribution in [0.5, 0.6) is 0 Å². The molecule has 5 nitrogen and oxygen atoms in total. The number of hydrogen-bond acceptors (Lipinski definition) is 3. The van der Waals surface area contributed by atoms with Crippen molar-refractivity contribution < 1.29 is 14.7 Å². The molecule has 1 amide bonds. The number of piperidine rings is 1. The van der Waals surface area contributed by atoms with Crippen LogP contribution in [-0.2, 0) is 9.59 Å². The maximum absolute atomic E-state index is 11.7. The number of nitrogens with zero attached hydrogens (tertiary/aromatic N) is 1. The molecule has 2 rings (SSSR count). The van der Waals surface area contributed by atoms with Crippen molar-refractivity contribution in [2.45, 2.75) is 19.3 Å². The molecular formula is C16H23ClN2O3. The highest BCUT2D eigenvalue weighted by atomic mass is 35.5. The Hall–Kier alpha value is -1.59. The second-order valence-corrected chi connectivity index (χ2v) is 5.69. The molecule has 1 heterocycles. The van der Waals surface area contributed by atoms with E-state index in [1.165, 1.54) is 5.56 Å². The zero-order chi connectivity index (χ0) is 15.2. The van der Waals surface area contributed by atoms with Gasteiger partial charge in [0.1, 0.15) is 6.54 Å². The fourth-order valence-corrected chi connectivity index (χ4v) is 3.00. The number of likely N-dealkylation sites (tertiary alicyclic amines) is 1. The van der Waals surface area contributed by atoms with Crippen LogP contribution in [0.25, 0.3) is 0 Å². The van der Waals surface area contributed by atoms with E-state index in [9.17, 15) is 9.59 Å². The van der Waals surface area contributed by atoms with Gasteiger partial charge in [0, 0.05) is 6.54 Å². The molecule has 1 saturated heterocycles. The van der Waals surface area contributed by atoms with Crippen LogP contribution >= 0.6 is 12.4 Å². The van der Waals surface area contributed by atoms with E-state index in [1.54, 1.807) is 0 Å². The van der Waals surface area contributed by atoms with Crippen LogP contribution in [0.4, 0.5) is 0 Å². The Bertz CT molecular complexity index is 495. The number of aliphatic carboxylic acids is 1. The van der Waals surface area contributed by atoms with E-state index in [2.05, 4.69) is 41.4 Å². The molecule has 0 aromatic heterocycles. The van der Waals surface area contributed by atoms with Gasteiger partial charge >= 0.3 is 5.97 Å². The molecule has 0 saturated carbocycles. The fourth-order valence-electron chi connectivity index (χ4n) is 3.00. The number of hydrogen-bond donors (Lipinski definition) is 2. The topological polar surface area (TPSA) is 69.6 Å². The van der Waals surface area contributed by atoms with Gasteiger partial charge in [0.15, 0.2) is 0 Å². The molecule has 1 aromatic rings. The first-order valence-electron chi connectivity index (χ1n) is 7.32. The van der Waals surface area contributed by atoms with Gasteiger partial charge in [-0.2, -0.15) is 0 Å². The monoisotopic (exact) mass is 326 g/mol. The third-order valence-corrected chi connectivity index (χ3v) is 4.02. The quantitative estimate of drug-likeness (QED) is 0.864. The highest BCUT2D eigenvalue weighted by Gasteiger charge is 2.27. The highest BCUT2D eigenvalue weighted by molar-refractivity contribution is 5.85. The molecule has 0 radical (unpaired) electrons. The van der Waals surface area contributed by atoms with E-state index in [4.69, 9.17) is 5.11 Å². The summed E-state index contributed by atoms with van der Waals surface area (Å²) in [5.74, 6) is -0.222. The summed E-state index contributed by atoms with van der Waals surface area (Å²) in [5, 5.41) is 10.9. The van der Waals surface area contributed by atoms with E-state index in [1.807, 2.05) is 6.07 Å². The third kappa shape index (κ3) is 5.31. The maximum atomic E-state index is 11.7. The Morgan fingerprint density at radius 1 is 1.32 bits per heavy atom. The number of rotatable bonds is 5. The molecule has 0 spiro atoms. The molecule has 1 aliphatic heterocycles. The predicted molar refractivity (Wildman–Crippen MR) is 87.3 cm³/mol. The average molecular weight is 327 g/mol. The second kappa shape index (κ2) is 8.76. The minimum atomic E-state index is -1.01. The molecule has 0 bridgehead atoms. The van der Waals surface area contributed by atoms with E-state index >= 15 is 0 Å². The first-order chi connectivity index (χ1) is 10.1. The number of benzene rings is 1. The van der Waals surface area contributed by atoms with Crippen LogP contribution in [0, 0.1) is 5.92 Å². The van der Waals surface area contributed by atoms with Gasteiger partial charge in [-0.15, -0.1) is 12.4 Å². The molecule has 2 N–H and O–H groups in total. The molecule has 22 heavy (non-hydrogen) atoms. The molecule has 0 aliphatic carbocycles. The summed E-state index contributed by atoms with van der Waals surface area (Å²) in [5.41, 5.74) is 1.36. The van der Waals surface area contributed by atoms with Crippen molar-refractivity contribution in [1.82, 2.24) is 10.2 Å². The van der Waals surface area contributed by atoms with Gasteiger partial charge in [-0.05, 0) is 30.4 Å². The van der Waals surface area contributed by atoms with Crippen molar-refractivity contribution >= 4 is 24.3 Å². The predicted octanol–water partition coefficient (Wildman–Crippen LogP) is 1.73. The number of carbonyl (C=O) groups excluding carboxylic acids is 1. The normalized spacial score (nSPS) is 21.7. The van der Waals surface area contributed by atoms with Crippen molar-refractivity contribution in [2.75, 3.05) is 26.2 Å². The average Bonchev–Trinajstić information content (AvgIpc) is 2.46. The van der Waals surface area contributed by atoms with Crippen molar-refractivity contribution in [3.05, 3.63) is 35.9 Å². The van der Waals surface area contributed by atoms with Gasteiger partial charge in [-0.3, -0.25) is 14.5 Å². The van der Waals surface area contributed by atoms with Crippen LogP contribution in [0.15, 0.2) is 30.3 Å². The zero-order valence-corrected chi connectivity index (χ0v) is 13.5. The van der Waals surface area contributed by atoms with Crippen molar-refractivity contribution in [2.24, 2.45) is 5.92 Å². The van der Waals surface area contributed by atoms with Gasteiger partial charge in [0.05, 0.1) is 6.54 Å². The molecule has 122 valence electrons. The van der Waals surface area contributed by atoms with Crippen LogP contribution in [0.2, 0.25) is 0 Å². The van der Waals surface area contributed by atoms with Crippen LogP contribution in [0.1, 0.15) is 24.8 Å². The zero-order valence-electron chi connectivity index (χ0n) is 12.7. The fraction of sp³-hybridized carbons (Fsp3) is 0.500. The lowest BCUT2D eigenvalue weighted by Gasteiger charge is -2.36. The smallest absolute Gasteiger partial charge is 0.322 e. The Morgan fingerprint density at radius 2 is 2.00 bits per heavy atom. The Balaban J connectivity index is 0.00000242. The molecular weight excluding hydrogens is 304 g/mol. The summed E-state index contributed by atoms with van der Waals surface area (Å²) < 4.78 is 0. The number of nitrogens with one attached hydrogen (secondary N) is 1. The minimum Gasteiger partial charge on any atom is -0.480 e. The second-order valence-electron chi connectivity index (χ2n) is 5.69. The first-order valence-corrected chi connectivity index (χ1v) is 7.32. The Kier molecular flexibility index (Phi) is 7.35. The number of carboxylic acids is 1. The molecule has 2 unspecified atom stereocenters. The van der Waals surface area contributed by atoms with Gasteiger partial charge in [-0.25, -0.2) is 0 Å². The van der Waals surface area contributed by atoms with E-state index in [0.717, 1.165) is 19.5 Å². The van der Waals surface area contributed by atoms with Gasteiger partial charge < -0.3 is 10.4 Å². The third-order valence-electron chi connectivity index (χ3n) is 4.02. The largest absolute Gasteiger partial charge is 0.480 e. The van der Waals surface area contributed by atoms with Gasteiger partial charge in [0.25, 0.3) is 0 Å². The SMILES string of the molecule is CC1CN(CC(=O)NCC(=O)O)CCC1c1ccccc1.Cl. The van der Waals surface area contributed by atoms with Crippen molar-refractivity contribution in [3.63, 3.8) is 0 Å². The summed E-state index contributed by atoms with van der Waals surface area (Å²) >= 11 is 0.